The molecule has 2 unspecified atom stereocenters. The fourth-order valence-corrected chi connectivity index (χ4v) is 5.00. The van der Waals surface area contributed by atoms with Crippen LogP contribution in [0.5, 0.6) is 0 Å². The average Bonchev–Trinajstić information content (AvgIpc) is 3.48. The van der Waals surface area contributed by atoms with Gasteiger partial charge in [-0.1, -0.05) is 5.16 Å². The molecule has 11 nitrogen and oxygen atoms in total. The van der Waals surface area contributed by atoms with Gasteiger partial charge in [-0.2, -0.15) is 5.10 Å². The molecule has 3 N–H and O–H groups in total. The highest BCUT2D eigenvalue weighted by atomic mass is 35.5. The summed E-state index contributed by atoms with van der Waals surface area (Å²) in [5.41, 5.74) is -1.20. The number of carbonyl (C=O) groups excluding carboxylic acids is 1. The highest BCUT2D eigenvalue weighted by molar-refractivity contribution is 5.93. The number of amides is 1. The minimum atomic E-state index is -2.90. The third-order valence-electron chi connectivity index (χ3n) is 7.21. The Hall–Kier alpha value is -2.91. The highest BCUT2D eigenvalue weighted by Crippen LogP contribution is 2.41. The fraction of sp³-hybridized carbons (Fsp3) is 0.636. The molecule has 4 heterocycles. The molecular weight excluding hydrogens is 536 g/mol. The molecule has 3 atom stereocenters. The van der Waals surface area contributed by atoms with E-state index in [9.17, 15) is 27.5 Å². The predicted molar refractivity (Wildman–Crippen MR) is 125 cm³/mol. The molecule has 1 saturated heterocycles. The van der Waals surface area contributed by atoms with E-state index < -0.39 is 35.9 Å². The Kier molecular flexibility index (Phi) is 7.91. The highest BCUT2D eigenvalue weighted by Gasteiger charge is 2.43. The second-order valence-corrected chi connectivity index (χ2v) is 9.80. The molecular formula is C22H27ClF4N8O3. The van der Waals surface area contributed by atoms with E-state index in [0.717, 1.165) is 0 Å². The lowest BCUT2D eigenvalue weighted by molar-refractivity contribution is -0.120. The topological polar surface area (TPSA) is 143 Å². The first-order chi connectivity index (χ1) is 17.5. The second kappa shape index (κ2) is 10.7. The van der Waals surface area contributed by atoms with E-state index in [0.29, 0.717) is 11.4 Å². The number of carbonyl (C=O) groups is 1. The lowest BCUT2D eigenvalue weighted by atomic mass is 9.81. The number of aromatic nitrogens is 6. The number of hydrogen-bond acceptors (Lipinski definition) is 9. The molecule has 3 aromatic heterocycles. The van der Waals surface area contributed by atoms with Crippen LogP contribution in [0.4, 0.5) is 17.6 Å². The van der Waals surface area contributed by atoms with E-state index in [4.69, 9.17) is 0 Å². The normalized spacial score (nSPS) is 24.8. The molecule has 16 heteroatoms. The lowest BCUT2D eigenvalue weighted by Gasteiger charge is -2.36. The number of aryl methyl sites for hydroxylation is 1. The number of nitrogens with zero attached hydrogens (tertiary/aromatic N) is 6. The van der Waals surface area contributed by atoms with Crippen molar-refractivity contribution in [1.29, 1.82) is 0 Å². The molecule has 1 aliphatic heterocycles. The quantitative estimate of drug-likeness (QED) is 0.386. The number of alkyl halides is 4. The number of halogens is 5. The van der Waals surface area contributed by atoms with E-state index in [2.05, 4.69) is 40.6 Å². The summed E-state index contributed by atoms with van der Waals surface area (Å²) in [6, 6.07) is -1.41. The van der Waals surface area contributed by atoms with Crippen molar-refractivity contribution in [2.24, 2.45) is 5.92 Å². The first-order valence-electron chi connectivity index (χ1n) is 12.0. The zero-order valence-corrected chi connectivity index (χ0v) is 21.1. The Labute approximate surface area is 220 Å². The van der Waals surface area contributed by atoms with Crippen LogP contribution >= 0.6 is 12.4 Å². The van der Waals surface area contributed by atoms with Gasteiger partial charge in [0, 0.05) is 19.3 Å². The van der Waals surface area contributed by atoms with Crippen molar-refractivity contribution >= 4 is 24.1 Å². The zero-order valence-electron chi connectivity index (χ0n) is 20.3. The maximum absolute atomic E-state index is 13.8. The molecule has 0 aromatic carbocycles. The van der Waals surface area contributed by atoms with Gasteiger partial charge in [0.25, 0.3) is 18.1 Å². The number of rotatable bonds is 6. The van der Waals surface area contributed by atoms with E-state index in [1.54, 1.807) is 13.1 Å². The number of imidazole rings is 1. The third kappa shape index (κ3) is 5.59. The van der Waals surface area contributed by atoms with E-state index in [1.807, 2.05) is 0 Å². The summed E-state index contributed by atoms with van der Waals surface area (Å²) in [5, 5.41) is 27.6. The Balaban J connectivity index is 0.00000336. The van der Waals surface area contributed by atoms with Crippen molar-refractivity contribution in [3.05, 3.63) is 35.2 Å². The SMILES string of the molecule is Cc1nonc1C(=O)N[C@H](c1cn2ncc(C3CC(O)(C(F)F)CCN3)nc2n1)C1CCC(F)(F)CC1.Cl. The summed E-state index contributed by atoms with van der Waals surface area (Å²) in [4.78, 5) is 21.8. The van der Waals surface area contributed by atoms with Crippen LogP contribution < -0.4 is 10.6 Å². The fourth-order valence-electron chi connectivity index (χ4n) is 5.00. The van der Waals surface area contributed by atoms with Gasteiger partial charge in [-0.3, -0.25) is 4.79 Å². The Morgan fingerprint density at radius 3 is 2.63 bits per heavy atom. The van der Waals surface area contributed by atoms with Crippen LogP contribution in [0.3, 0.4) is 0 Å². The molecule has 0 spiro atoms. The average molecular weight is 563 g/mol. The van der Waals surface area contributed by atoms with Crippen LogP contribution in [0.15, 0.2) is 17.0 Å². The maximum atomic E-state index is 13.8. The first kappa shape index (κ1) is 28.1. The summed E-state index contributed by atoms with van der Waals surface area (Å²) in [7, 11) is 0. The second-order valence-electron chi connectivity index (χ2n) is 9.80. The van der Waals surface area contributed by atoms with Crippen LogP contribution in [-0.4, -0.2) is 65.4 Å². The van der Waals surface area contributed by atoms with Crippen molar-refractivity contribution in [3.63, 3.8) is 0 Å². The predicted octanol–water partition coefficient (Wildman–Crippen LogP) is 2.95. The summed E-state index contributed by atoms with van der Waals surface area (Å²) in [5.74, 6) is -3.55. The van der Waals surface area contributed by atoms with Crippen molar-refractivity contribution < 1.29 is 32.1 Å². The van der Waals surface area contributed by atoms with Gasteiger partial charge in [-0.05, 0) is 43.8 Å². The van der Waals surface area contributed by atoms with E-state index >= 15 is 0 Å². The van der Waals surface area contributed by atoms with Gasteiger partial charge in [0.05, 0.1) is 35.9 Å². The van der Waals surface area contributed by atoms with Crippen molar-refractivity contribution in [2.45, 2.75) is 75.5 Å². The maximum Gasteiger partial charge on any atom is 0.276 e. The minimum absolute atomic E-state index is 0. The molecule has 3 aromatic rings. The Morgan fingerprint density at radius 1 is 1.24 bits per heavy atom. The molecule has 0 radical (unpaired) electrons. The van der Waals surface area contributed by atoms with Crippen LogP contribution in [0.25, 0.3) is 5.78 Å². The van der Waals surface area contributed by atoms with Gasteiger partial charge in [0.15, 0.2) is 5.69 Å². The smallest absolute Gasteiger partial charge is 0.276 e. The van der Waals surface area contributed by atoms with Gasteiger partial charge in [0.2, 0.25) is 5.92 Å². The van der Waals surface area contributed by atoms with Crippen LogP contribution in [0.1, 0.15) is 78.2 Å². The first-order valence-corrected chi connectivity index (χ1v) is 12.0. The largest absolute Gasteiger partial charge is 0.384 e. The molecule has 2 aliphatic rings. The molecule has 2 fully saturated rings. The summed E-state index contributed by atoms with van der Waals surface area (Å²) < 4.78 is 60.4. The molecule has 0 bridgehead atoms. The molecule has 208 valence electrons. The standard InChI is InChI=1S/C22H26F4N8O3.ClH/c1-11-16(33-37-32-11)18(35)31-17(12-2-4-22(25,26)5-3-12)15-10-34-20(30-15)29-14(9-28-34)13-8-21(36,19(23)24)6-7-27-13;/h9-10,12-13,17,19,27,36H,2-8H2,1H3,(H,31,35);1H/t13?,17-,21?;/m0./s1. The van der Waals surface area contributed by atoms with Crippen LogP contribution in [0, 0.1) is 12.8 Å². The number of aliphatic hydroxyl groups is 1. The van der Waals surface area contributed by atoms with Gasteiger partial charge in [-0.25, -0.2) is 36.7 Å². The van der Waals surface area contributed by atoms with E-state index in [1.165, 1.54) is 10.7 Å². The zero-order chi connectivity index (χ0) is 26.4. The summed E-state index contributed by atoms with van der Waals surface area (Å²) >= 11 is 0. The van der Waals surface area contributed by atoms with Crippen LogP contribution in [-0.2, 0) is 0 Å². The lowest BCUT2D eigenvalue weighted by Crippen LogP contribution is -2.48. The van der Waals surface area contributed by atoms with Crippen LogP contribution in [0.2, 0.25) is 0 Å². The Morgan fingerprint density at radius 2 is 1.97 bits per heavy atom. The number of piperidine rings is 1. The molecule has 1 amide bonds. The van der Waals surface area contributed by atoms with Crippen molar-refractivity contribution in [3.8, 4) is 0 Å². The summed E-state index contributed by atoms with van der Waals surface area (Å²) in [6.07, 6.45) is -0.614. The molecule has 1 saturated carbocycles. The summed E-state index contributed by atoms with van der Waals surface area (Å²) in [6.45, 7) is 1.73. The van der Waals surface area contributed by atoms with Gasteiger partial charge in [-0.15, -0.1) is 12.4 Å². The van der Waals surface area contributed by atoms with Gasteiger partial charge < -0.3 is 15.7 Å². The molecule has 1 aliphatic carbocycles. The number of fused-ring (bicyclic) bond motifs is 1. The Bertz CT molecular complexity index is 1280. The number of hydrogen-bond donors (Lipinski definition) is 3. The van der Waals surface area contributed by atoms with E-state index in [-0.39, 0.29) is 80.6 Å². The van der Waals surface area contributed by atoms with Crippen molar-refractivity contribution in [2.75, 3.05) is 6.54 Å². The van der Waals surface area contributed by atoms with Gasteiger partial charge >= 0.3 is 0 Å². The van der Waals surface area contributed by atoms with Crippen molar-refractivity contribution in [1.82, 2.24) is 40.5 Å². The van der Waals surface area contributed by atoms with Gasteiger partial charge in [0.1, 0.15) is 11.3 Å². The molecule has 5 rings (SSSR count). The molecule has 38 heavy (non-hydrogen) atoms. The number of nitrogens with one attached hydrogen (secondary N) is 2. The monoisotopic (exact) mass is 562 g/mol. The minimum Gasteiger partial charge on any atom is -0.384 e. The third-order valence-corrected chi connectivity index (χ3v) is 7.21.